The lowest BCUT2D eigenvalue weighted by Crippen LogP contribution is -2.27. The molecule has 0 saturated heterocycles. The van der Waals surface area contributed by atoms with Gasteiger partial charge in [-0.05, 0) is 44.4 Å². The van der Waals surface area contributed by atoms with E-state index in [1.165, 1.54) is 31.2 Å². The van der Waals surface area contributed by atoms with Crippen molar-refractivity contribution in [2.45, 2.75) is 52.5 Å². The third kappa shape index (κ3) is 3.03. The molecule has 0 aromatic carbocycles. The van der Waals surface area contributed by atoms with Gasteiger partial charge >= 0.3 is 0 Å². The summed E-state index contributed by atoms with van der Waals surface area (Å²) in [6.45, 7) is 7.26. The van der Waals surface area contributed by atoms with Crippen molar-refractivity contribution in [3.8, 4) is 0 Å². The molecule has 1 aliphatic rings. The molecule has 1 fully saturated rings. The van der Waals surface area contributed by atoms with Crippen LogP contribution in [0.25, 0.3) is 0 Å². The number of nitrogens with zero attached hydrogens (tertiary/aromatic N) is 2. The second kappa shape index (κ2) is 5.58. The molecule has 17 heavy (non-hydrogen) atoms. The molecule has 94 valence electrons. The van der Waals surface area contributed by atoms with Crippen LogP contribution in [0.15, 0.2) is 6.07 Å². The summed E-state index contributed by atoms with van der Waals surface area (Å²) in [5.74, 6) is 0.909. The predicted molar refractivity (Wildman–Crippen MR) is 69.9 cm³/mol. The van der Waals surface area contributed by atoms with Crippen molar-refractivity contribution in [1.82, 2.24) is 15.5 Å². The Morgan fingerprint density at radius 3 is 2.71 bits per heavy atom. The molecule has 1 aromatic rings. The Balaban J connectivity index is 2.14. The van der Waals surface area contributed by atoms with E-state index in [0.29, 0.717) is 6.04 Å². The summed E-state index contributed by atoms with van der Waals surface area (Å²) < 4.78 is 0. The van der Waals surface area contributed by atoms with Gasteiger partial charge in [-0.2, -0.15) is 10.2 Å². The highest BCUT2D eigenvalue weighted by Gasteiger charge is 2.24. The van der Waals surface area contributed by atoms with Gasteiger partial charge in [0.25, 0.3) is 0 Å². The fourth-order valence-electron chi connectivity index (χ4n) is 2.55. The Labute approximate surface area is 104 Å². The van der Waals surface area contributed by atoms with Crippen LogP contribution < -0.4 is 5.32 Å². The first-order valence-electron chi connectivity index (χ1n) is 6.75. The van der Waals surface area contributed by atoms with E-state index < -0.39 is 0 Å². The van der Waals surface area contributed by atoms with Gasteiger partial charge in [0.2, 0.25) is 0 Å². The molecule has 0 radical (unpaired) electrons. The Kier molecular flexibility index (Phi) is 4.11. The van der Waals surface area contributed by atoms with Crippen LogP contribution >= 0.6 is 0 Å². The van der Waals surface area contributed by atoms with Crippen molar-refractivity contribution in [2.75, 3.05) is 6.54 Å². The van der Waals surface area contributed by atoms with Crippen molar-refractivity contribution < 1.29 is 0 Å². The number of hydrogen-bond donors (Lipinski definition) is 1. The maximum Gasteiger partial charge on any atom is 0.0648 e. The average Bonchev–Trinajstić information content (AvgIpc) is 2.25. The second-order valence-corrected chi connectivity index (χ2v) is 5.17. The van der Waals surface area contributed by atoms with E-state index in [4.69, 9.17) is 0 Å². The molecule has 1 heterocycles. The van der Waals surface area contributed by atoms with E-state index >= 15 is 0 Å². The van der Waals surface area contributed by atoms with E-state index in [0.717, 1.165) is 23.9 Å². The van der Waals surface area contributed by atoms with Crippen LogP contribution in [0.3, 0.4) is 0 Å². The standard InChI is InChI=1S/C14H23N3/c1-4-15-14(9-12-6-5-7-12)13-8-10(2)16-17-11(13)3/h8,12,14-15H,4-7,9H2,1-3H3. The maximum atomic E-state index is 4.24. The fourth-order valence-corrected chi connectivity index (χ4v) is 2.55. The van der Waals surface area contributed by atoms with Gasteiger partial charge in [0.15, 0.2) is 0 Å². The number of nitrogens with one attached hydrogen (secondary N) is 1. The normalized spacial score (nSPS) is 17.8. The van der Waals surface area contributed by atoms with E-state index in [2.05, 4.69) is 35.4 Å². The summed E-state index contributed by atoms with van der Waals surface area (Å²) in [6.07, 6.45) is 5.47. The Morgan fingerprint density at radius 1 is 1.35 bits per heavy atom. The molecular weight excluding hydrogens is 210 g/mol. The summed E-state index contributed by atoms with van der Waals surface area (Å²) in [6, 6.07) is 2.65. The van der Waals surface area contributed by atoms with Gasteiger partial charge in [0.1, 0.15) is 0 Å². The molecule has 0 bridgehead atoms. The zero-order chi connectivity index (χ0) is 12.3. The third-order valence-electron chi connectivity index (χ3n) is 3.76. The molecule has 1 unspecified atom stereocenters. The summed E-state index contributed by atoms with van der Waals surface area (Å²) in [4.78, 5) is 0. The molecular formula is C14H23N3. The van der Waals surface area contributed by atoms with E-state index in [-0.39, 0.29) is 0 Å². The summed E-state index contributed by atoms with van der Waals surface area (Å²) in [5.41, 5.74) is 3.43. The summed E-state index contributed by atoms with van der Waals surface area (Å²) in [7, 11) is 0. The Bertz CT molecular complexity index is 372. The van der Waals surface area contributed by atoms with Gasteiger partial charge in [-0.1, -0.05) is 26.2 Å². The first-order chi connectivity index (χ1) is 8.20. The molecule has 1 aliphatic carbocycles. The Morgan fingerprint density at radius 2 is 2.12 bits per heavy atom. The predicted octanol–water partition coefficient (Wildman–Crippen LogP) is 2.93. The van der Waals surface area contributed by atoms with Crippen LogP contribution in [-0.4, -0.2) is 16.7 Å². The van der Waals surface area contributed by atoms with Gasteiger partial charge < -0.3 is 5.32 Å². The highest BCUT2D eigenvalue weighted by molar-refractivity contribution is 5.23. The van der Waals surface area contributed by atoms with Gasteiger partial charge in [-0.15, -0.1) is 0 Å². The van der Waals surface area contributed by atoms with E-state index in [1.807, 2.05) is 6.92 Å². The molecule has 1 N–H and O–H groups in total. The number of rotatable bonds is 5. The van der Waals surface area contributed by atoms with Crippen molar-refractivity contribution in [3.63, 3.8) is 0 Å². The molecule has 3 heteroatoms. The molecule has 0 aliphatic heterocycles. The van der Waals surface area contributed by atoms with Gasteiger partial charge in [0.05, 0.1) is 11.4 Å². The minimum absolute atomic E-state index is 0.458. The fraction of sp³-hybridized carbons (Fsp3) is 0.714. The first kappa shape index (κ1) is 12.5. The zero-order valence-electron chi connectivity index (χ0n) is 11.2. The number of aryl methyl sites for hydroxylation is 2. The van der Waals surface area contributed by atoms with Gasteiger partial charge in [0, 0.05) is 6.04 Å². The lowest BCUT2D eigenvalue weighted by Gasteiger charge is -2.30. The van der Waals surface area contributed by atoms with Crippen LogP contribution in [0, 0.1) is 19.8 Å². The highest BCUT2D eigenvalue weighted by Crippen LogP contribution is 2.35. The molecule has 1 atom stereocenters. The monoisotopic (exact) mass is 233 g/mol. The van der Waals surface area contributed by atoms with Crippen LogP contribution in [-0.2, 0) is 0 Å². The van der Waals surface area contributed by atoms with Crippen LogP contribution in [0.4, 0.5) is 0 Å². The maximum absolute atomic E-state index is 4.24. The topological polar surface area (TPSA) is 37.8 Å². The highest BCUT2D eigenvalue weighted by atomic mass is 15.1. The molecule has 1 saturated carbocycles. The zero-order valence-corrected chi connectivity index (χ0v) is 11.2. The summed E-state index contributed by atoms with van der Waals surface area (Å²) >= 11 is 0. The largest absolute Gasteiger partial charge is 0.310 e. The molecule has 2 rings (SSSR count). The molecule has 3 nitrogen and oxygen atoms in total. The lowest BCUT2D eigenvalue weighted by molar-refractivity contribution is 0.261. The minimum Gasteiger partial charge on any atom is -0.310 e. The van der Waals surface area contributed by atoms with Gasteiger partial charge in [-0.25, -0.2) is 0 Å². The van der Waals surface area contributed by atoms with Crippen LogP contribution in [0.2, 0.25) is 0 Å². The van der Waals surface area contributed by atoms with Gasteiger partial charge in [-0.3, -0.25) is 0 Å². The SMILES string of the molecule is CCNC(CC1CCC1)c1cc(C)nnc1C. The average molecular weight is 233 g/mol. The lowest BCUT2D eigenvalue weighted by atomic mass is 9.79. The first-order valence-corrected chi connectivity index (χ1v) is 6.75. The van der Waals surface area contributed by atoms with E-state index in [9.17, 15) is 0 Å². The molecule has 0 spiro atoms. The van der Waals surface area contributed by atoms with Crippen molar-refractivity contribution in [1.29, 1.82) is 0 Å². The quantitative estimate of drug-likeness (QED) is 0.849. The summed E-state index contributed by atoms with van der Waals surface area (Å²) in [5, 5.41) is 12.0. The molecule has 0 amide bonds. The van der Waals surface area contributed by atoms with Crippen LogP contribution in [0.1, 0.15) is 55.6 Å². The third-order valence-corrected chi connectivity index (χ3v) is 3.76. The number of aromatic nitrogens is 2. The van der Waals surface area contributed by atoms with Crippen LogP contribution in [0.5, 0.6) is 0 Å². The van der Waals surface area contributed by atoms with Crippen molar-refractivity contribution in [3.05, 3.63) is 23.0 Å². The number of hydrogen-bond acceptors (Lipinski definition) is 3. The molecule has 1 aromatic heterocycles. The van der Waals surface area contributed by atoms with Crippen molar-refractivity contribution in [2.24, 2.45) is 5.92 Å². The van der Waals surface area contributed by atoms with E-state index in [1.54, 1.807) is 0 Å². The van der Waals surface area contributed by atoms with Crippen molar-refractivity contribution >= 4 is 0 Å². The minimum atomic E-state index is 0.458. The smallest absolute Gasteiger partial charge is 0.0648 e. The Hall–Kier alpha value is -0.960. The second-order valence-electron chi connectivity index (χ2n) is 5.17.